The van der Waals surface area contributed by atoms with Crippen molar-refractivity contribution >= 4 is 11.9 Å². The van der Waals surface area contributed by atoms with Crippen LogP contribution in [0.4, 0.5) is 0 Å². The molecule has 1 saturated carbocycles. The minimum Gasteiger partial charge on any atom is -0.251 e. The van der Waals surface area contributed by atoms with E-state index in [-0.39, 0.29) is 0 Å². The second-order valence-electron chi connectivity index (χ2n) is 6.19. The van der Waals surface area contributed by atoms with E-state index >= 15 is 0 Å². The van der Waals surface area contributed by atoms with Crippen LogP contribution >= 0.6 is 11.9 Å². The van der Waals surface area contributed by atoms with Gasteiger partial charge in [0, 0.05) is 13.1 Å². The van der Waals surface area contributed by atoms with Gasteiger partial charge >= 0.3 is 0 Å². The van der Waals surface area contributed by atoms with Crippen LogP contribution in [-0.4, -0.2) is 23.7 Å². The molecule has 1 heterocycles. The summed E-state index contributed by atoms with van der Waals surface area (Å²) in [4.78, 5) is 0. The van der Waals surface area contributed by atoms with Crippen molar-refractivity contribution in [3.8, 4) is 0 Å². The summed E-state index contributed by atoms with van der Waals surface area (Å²) in [6.45, 7) is 7.46. The Kier molecular flexibility index (Phi) is 4.23. The fraction of sp³-hybridized carbons (Fsp3) is 1.00. The Balaban J connectivity index is 1.84. The van der Waals surface area contributed by atoms with Crippen molar-refractivity contribution in [2.45, 2.75) is 52.4 Å². The van der Waals surface area contributed by atoms with Crippen molar-refractivity contribution in [2.75, 3.05) is 19.3 Å². The Morgan fingerprint density at radius 1 is 1.06 bits per heavy atom. The molecule has 1 spiro atoms. The van der Waals surface area contributed by atoms with E-state index in [0.29, 0.717) is 0 Å². The third-order valence-electron chi connectivity index (χ3n) is 5.07. The molecule has 2 rings (SSSR count). The molecule has 1 aliphatic heterocycles. The first-order valence-corrected chi connectivity index (χ1v) is 8.12. The third-order valence-corrected chi connectivity index (χ3v) is 5.96. The highest BCUT2D eigenvalue weighted by Crippen LogP contribution is 2.48. The number of piperidine rings is 1. The summed E-state index contributed by atoms with van der Waals surface area (Å²) < 4.78 is 2.54. The normalized spacial score (nSPS) is 27.8. The van der Waals surface area contributed by atoms with Gasteiger partial charge in [0.25, 0.3) is 0 Å². The molecule has 0 aromatic carbocycles. The van der Waals surface area contributed by atoms with Crippen molar-refractivity contribution in [1.29, 1.82) is 0 Å². The largest absolute Gasteiger partial charge is 0.251 e. The van der Waals surface area contributed by atoms with E-state index in [1.165, 1.54) is 51.6 Å². The molecule has 2 aliphatic rings. The van der Waals surface area contributed by atoms with Crippen molar-refractivity contribution < 1.29 is 0 Å². The Bertz CT molecular complexity index is 209. The fourth-order valence-corrected chi connectivity index (χ4v) is 4.11. The zero-order valence-corrected chi connectivity index (χ0v) is 12.0. The molecule has 0 radical (unpaired) electrons. The van der Waals surface area contributed by atoms with Gasteiger partial charge in [-0.05, 0) is 62.0 Å². The van der Waals surface area contributed by atoms with Gasteiger partial charge in [-0.3, -0.25) is 4.31 Å². The van der Waals surface area contributed by atoms with Crippen LogP contribution in [0.3, 0.4) is 0 Å². The van der Waals surface area contributed by atoms with Crippen LogP contribution in [0.2, 0.25) is 0 Å². The Hall–Kier alpha value is 0.310. The summed E-state index contributed by atoms with van der Waals surface area (Å²) in [5, 5.41) is 0. The molecule has 0 amide bonds. The van der Waals surface area contributed by atoms with E-state index in [0.717, 1.165) is 17.3 Å². The minimum absolute atomic E-state index is 0.748. The van der Waals surface area contributed by atoms with Crippen LogP contribution in [0.25, 0.3) is 0 Å². The molecule has 0 aromatic heterocycles. The SMILES string of the molecule is CSN1CCC2(CCC(C(C)C)CC2)CC1. The first-order valence-electron chi connectivity index (χ1n) is 6.94. The predicted molar refractivity (Wildman–Crippen MR) is 73.6 cm³/mol. The van der Waals surface area contributed by atoms with Crippen LogP contribution in [0, 0.1) is 17.3 Å². The second kappa shape index (κ2) is 5.30. The smallest absolute Gasteiger partial charge is 0.00945 e. The number of hydrogen-bond acceptors (Lipinski definition) is 2. The van der Waals surface area contributed by atoms with E-state index in [9.17, 15) is 0 Å². The van der Waals surface area contributed by atoms with Crippen molar-refractivity contribution in [3.05, 3.63) is 0 Å². The van der Waals surface area contributed by atoms with Gasteiger partial charge in [0.1, 0.15) is 0 Å². The molecule has 1 aliphatic carbocycles. The van der Waals surface area contributed by atoms with E-state index < -0.39 is 0 Å². The quantitative estimate of drug-likeness (QED) is 0.667. The average molecular weight is 241 g/mol. The van der Waals surface area contributed by atoms with Crippen molar-refractivity contribution in [2.24, 2.45) is 17.3 Å². The number of nitrogens with zero attached hydrogens (tertiary/aromatic N) is 1. The van der Waals surface area contributed by atoms with Crippen molar-refractivity contribution in [1.82, 2.24) is 4.31 Å². The third kappa shape index (κ3) is 2.76. The molecule has 94 valence electrons. The van der Waals surface area contributed by atoms with Crippen LogP contribution < -0.4 is 0 Å². The first-order chi connectivity index (χ1) is 7.65. The fourth-order valence-electron chi connectivity index (χ4n) is 3.56. The molecule has 0 unspecified atom stereocenters. The maximum atomic E-state index is 2.54. The van der Waals surface area contributed by atoms with Crippen LogP contribution in [0.1, 0.15) is 52.4 Å². The lowest BCUT2D eigenvalue weighted by molar-refractivity contribution is 0.0716. The van der Waals surface area contributed by atoms with E-state index in [4.69, 9.17) is 0 Å². The van der Waals surface area contributed by atoms with Gasteiger partial charge in [0.2, 0.25) is 0 Å². The Labute approximate surface area is 105 Å². The van der Waals surface area contributed by atoms with Gasteiger partial charge in [-0.15, -0.1) is 0 Å². The zero-order chi connectivity index (χ0) is 11.6. The standard InChI is InChI=1S/C14H27NS/c1-12(2)13-4-6-14(7-5-13)8-10-15(16-3)11-9-14/h12-13H,4-11H2,1-3H3. The van der Waals surface area contributed by atoms with Gasteiger partial charge in [-0.25, -0.2) is 0 Å². The minimum atomic E-state index is 0.748. The summed E-state index contributed by atoms with van der Waals surface area (Å²) in [6, 6.07) is 0. The molecule has 0 bridgehead atoms. The summed E-state index contributed by atoms with van der Waals surface area (Å²) in [7, 11) is 0. The average Bonchev–Trinajstić information content (AvgIpc) is 2.31. The lowest BCUT2D eigenvalue weighted by Gasteiger charge is -2.46. The van der Waals surface area contributed by atoms with E-state index in [1.54, 1.807) is 0 Å². The summed E-state index contributed by atoms with van der Waals surface area (Å²) in [6.07, 6.45) is 11.1. The highest BCUT2D eigenvalue weighted by atomic mass is 32.2. The molecule has 0 atom stereocenters. The topological polar surface area (TPSA) is 3.24 Å². The highest BCUT2D eigenvalue weighted by Gasteiger charge is 2.38. The second-order valence-corrected chi connectivity index (χ2v) is 7.07. The maximum absolute atomic E-state index is 2.54. The van der Waals surface area contributed by atoms with Gasteiger partial charge < -0.3 is 0 Å². The van der Waals surface area contributed by atoms with Crippen LogP contribution in [0.15, 0.2) is 0 Å². The van der Waals surface area contributed by atoms with Gasteiger partial charge in [0.15, 0.2) is 0 Å². The molecule has 0 aromatic rings. The predicted octanol–water partition coefficient (Wildman–Crippen LogP) is 4.19. The Morgan fingerprint density at radius 3 is 2.06 bits per heavy atom. The van der Waals surface area contributed by atoms with E-state index in [2.05, 4.69) is 24.4 Å². The van der Waals surface area contributed by atoms with Crippen molar-refractivity contribution in [3.63, 3.8) is 0 Å². The molecule has 2 fully saturated rings. The molecular formula is C14H27NS. The van der Waals surface area contributed by atoms with Crippen LogP contribution in [-0.2, 0) is 0 Å². The summed E-state index contributed by atoms with van der Waals surface area (Å²) in [5.74, 6) is 1.92. The maximum Gasteiger partial charge on any atom is 0.00945 e. The van der Waals surface area contributed by atoms with Gasteiger partial charge in [-0.1, -0.05) is 25.8 Å². The van der Waals surface area contributed by atoms with Gasteiger partial charge in [0.05, 0.1) is 0 Å². The highest BCUT2D eigenvalue weighted by molar-refractivity contribution is 7.96. The summed E-state index contributed by atoms with van der Waals surface area (Å²) in [5.41, 5.74) is 0.748. The first kappa shape index (κ1) is 12.8. The number of rotatable bonds is 2. The molecule has 1 nitrogen and oxygen atoms in total. The lowest BCUT2D eigenvalue weighted by Crippen LogP contribution is -2.39. The van der Waals surface area contributed by atoms with Gasteiger partial charge in [-0.2, -0.15) is 0 Å². The van der Waals surface area contributed by atoms with E-state index in [1.807, 2.05) is 11.9 Å². The van der Waals surface area contributed by atoms with Crippen LogP contribution in [0.5, 0.6) is 0 Å². The molecule has 2 heteroatoms. The molecule has 0 N–H and O–H groups in total. The monoisotopic (exact) mass is 241 g/mol. The zero-order valence-electron chi connectivity index (χ0n) is 11.2. The lowest BCUT2D eigenvalue weighted by atomic mass is 9.64. The molecule has 16 heavy (non-hydrogen) atoms. The summed E-state index contributed by atoms with van der Waals surface area (Å²) >= 11 is 1.93. The Morgan fingerprint density at radius 2 is 1.62 bits per heavy atom. The number of hydrogen-bond donors (Lipinski definition) is 0. The molecular weight excluding hydrogens is 214 g/mol. The molecule has 1 saturated heterocycles.